The maximum atomic E-state index is 4.30. The monoisotopic (exact) mass is 214 g/mol. The quantitative estimate of drug-likeness (QED) is 0.709. The van der Waals surface area contributed by atoms with Crippen LogP contribution in [-0.4, -0.2) is 9.78 Å². The van der Waals surface area contributed by atoms with E-state index in [-0.39, 0.29) is 0 Å². The number of nitrogens with zero attached hydrogens (tertiary/aromatic N) is 2. The Morgan fingerprint density at radius 2 is 2.00 bits per heavy atom. The summed E-state index contributed by atoms with van der Waals surface area (Å²) in [6.07, 6.45) is 8.93. The molecule has 84 valence electrons. The van der Waals surface area contributed by atoms with Crippen molar-refractivity contribution in [2.75, 3.05) is 0 Å². The zero-order chi connectivity index (χ0) is 11.0. The van der Waals surface area contributed by atoms with Gasteiger partial charge >= 0.3 is 0 Å². The van der Waals surface area contributed by atoms with Crippen LogP contribution in [0, 0.1) is 0 Å². The van der Waals surface area contributed by atoms with Crippen molar-refractivity contribution in [1.82, 2.24) is 9.78 Å². The summed E-state index contributed by atoms with van der Waals surface area (Å²) in [4.78, 5) is 0. The Bertz CT molecular complexity index is 492. The summed E-state index contributed by atoms with van der Waals surface area (Å²) in [6.45, 7) is 0. The minimum atomic E-state index is 0.790. The molecule has 16 heavy (non-hydrogen) atoms. The van der Waals surface area contributed by atoms with Crippen LogP contribution in [0.2, 0.25) is 0 Å². The van der Waals surface area contributed by atoms with Crippen LogP contribution >= 0.6 is 0 Å². The standard InChI is InChI=1S/C14H18N2/c1-16-14-8-7-12(9-13(14)10-15-16)11-5-3-2-4-6-11/h7-11H,2-6H2,1H3. The van der Waals surface area contributed by atoms with Crippen LogP contribution < -0.4 is 0 Å². The smallest absolute Gasteiger partial charge is 0.0679 e. The van der Waals surface area contributed by atoms with Gasteiger partial charge in [-0.05, 0) is 36.5 Å². The van der Waals surface area contributed by atoms with E-state index in [1.807, 2.05) is 17.9 Å². The molecule has 0 atom stereocenters. The lowest BCUT2D eigenvalue weighted by atomic mass is 9.84. The molecule has 0 bridgehead atoms. The topological polar surface area (TPSA) is 17.8 Å². The van der Waals surface area contributed by atoms with Gasteiger partial charge in [-0.3, -0.25) is 4.68 Å². The minimum Gasteiger partial charge on any atom is -0.268 e. The Morgan fingerprint density at radius 1 is 1.19 bits per heavy atom. The maximum absolute atomic E-state index is 4.30. The second kappa shape index (κ2) is 3.93. The van der Waals surface area contributed by atoms with Crippen molar-refractivity contribution in [2.45, 2.75) is 38.0 Å². The summed E-state index contributed by atoms with van der Waals surface area (Å²) >= 11 is 0. The largest absolute Gasteiger partial charge is 0.268 e. The molecule has 1 fully saturated rings. The highest BCUT2D eigenvalue weighted by Crippen LogP contribution is 2.33. The third-order valence-electron chi connectivity index (χ3n) is 3.85. The van der Waals surface area contributed by atoms with E-state index in [0.717, 1.165) is 5.92 Å². The van der Waals surface area contributed by atoms with Crippen molar-refractivity contribution in [1.29, 1.82) is 0 Å². The Labute approximate surface area is 96.3 Å². The van der Waals surface area contributed by atoms with E-state index in [9.17, 15) is 0 Å². The first kappa shape index (κ1) is 9.88. The van der Waals surface area contributed by atoms with Gasteiger partial charge in [0.05, 0.1) is 11.7 Å². The van der Waals surface area contributed by atoms with Gasteiger partial charge in [-0.1, -0.05) is 25.3 Å². The predicted molar refractivity (Wildman–Crippen MR) is 66.5 cm³/mol. The van der Waals surface area contributed by atoms with E-state index in [1.165, 1.54) is 48.6 Å². The molecule has 1 aromatic heterocycles. The first-order valence-corrected chi connectivity index (χ1v) is 6.26. The number of benzene rings is 1. The number of hydrogen-bond donors (Lipinski definition) is 0. The lowest BCUT2D eigenvalue weighted by molar-refractivity contribution is 0.444. The first-order valence-electron chi connectivity index (χ1n) is 6.26. The highest BCUT2D eigenvalue weighted by atomic mass is 15.2. The Balaban J connectivity index is 1.97. The zero-order valence-corrected chi connectivity index (χ0v) is 9.82. The molecule has 1 heterocycles. The molecule has 1 aliphatic carbocycles. The van der Waals surface area contributed by atoms with Gasteiger partial charge in [0.2, 0.25) is 0 Å². The lowest BCUT2D eigenvalue weighted by Crippen LogP contribution is -2.04. The fourth-order valence-corrected chi connectivity index (χ4v) is 2.87. The molecule has 1 saturated carbocycles. The molecule has 2 heteroatoms. The van der Waals surface area contributed by atoms with E-state index in [1.54, 1.807) is 0 Å². The Kier molecular flexibility index (Phi) is 2.43. The highest BCUT2D eigenvalue weighted by molar-refractivity contribution is 5.79. The molecule has 0 unspecified atom stereocenters. The fraction of sp³-hybridized carbons (Fsp3) is 0.500. The summed E-state index contributed by atoms with van der Waals surface area (Å²) in [6, 6.07) is 6.84. The van der Waals surface area contributed by atoms with E-state index in [2.05, 4.69) is 23.3 Å². The summed E-state index contributed by atoms with van der Waals surface area (Å²) in [5.74, 6) is 0.790. The van der Waals surface area contributed by atoms with Gasteiger partial charge in [0, 0.05) is 12.4 Å². The number of fused-ring (bicyclic) bond motifs is 1. The molecular formula is C14H18N2. The van der Waals surface area contributed by atoms with Crippen molar-refractivity contribution in [2.24, 2.45) is 7.05 Å². The van der Waals surface area contributed by atoms with Crippen LogP contribution in [0.15, 0.2) is 24.4 Å². The molecule has 0 aliphatic heterocycles. The van der Waals surface area contributed by atoms with Crippen LogP contribution in [0.1, 0.15) is 43.6 Å². The molecule has 2 nitrogen and oxygen atoms in total. The molecule has 3 rings (SSSR count). The first-order chi connectivity index (χ1) is 7.84. The summed E-state index contributed by atoms with van der Waals surface area (Å²) in [5, 5.41) is 5.58. The summed E-state index contributed by atoms with van der Waals surface area (Å²) in [7, 11) is 2.00. The van der Waals surface area contributed by atoms with Crippen LogP contribution in [0.4, 0.5) is 0 Å². The van der Waals surface area contributed by atoms with Gasteiger partial charge in [0.25, 0.3) is 0 Å². The van der Waals surface area contributed by atoms with Gasteiger partial charge in [-0.15, -0.1) is 0 Å². The SMILES string of the molecule is Cn1ncc2cc(C3CCCCC3)ccc21. The van der Waals surface area contributed by atoms with Crippen molar-refractivity contribution < 1.29 is 0 Å². The summed E-state index contributed by atoms with van der Waals surface area (Å²) in [5.41, 5.74) is 2.75. The molecule has 2 aromatic rings. The van der Waals surface area contributed by atoms with Crippen molar-refractivity contribution >= 4 is 10.9 Å². The number of rotatable bonds is 1. The molecule has 0 N–H and O–H groups in total. The average Bonchev–Trinajstić information content (AvgIpc) is 2.72. The van der Waals surface area contributed by atoms with E-state index < -0.39 is 0 Å². The summed E-state index contributed by atoms with van der Waals surface area (Å²) < 4.78 is 1.94. The van der Waals surface area contributed by atoms with Crippen molar-refractivity contribution in [3.8, 4) is 0 Å². The van der Waals surface area contributed by atoms with Crippen LogP contribution in [0.3, 0.4) is 0 Å². The Hall–Kier alpha value is -1.31. The molecule has 1 aliphatic rings. The van der Waals surface area contributed by atoms with E-state index >= 15 is 0 Å². The van der Waals surface area contributed by atoms with E-state index in [0.29, 0.717) is 0 Å². The average molecular weight is 214 g/mol. The molecule has 0 radical (unpaired) electrons. The number of hydrogen-bond acceptors (Lipinski definition) is 1. The van der Waals surface area contributed by atoms with Gasteiger partial charge in [-0.25, -0.2) is 0 Å². The second-order valence-corrected chi connectivity index (χ2v) is 4.92. The van der Waals surface area contributed by atoms with Crippen LogP contribution in [0.5, 0.6) is 0 Å². The zero-order valence-electron chi connectivity index (χ0n) is 9.82. The number of aryl methyl sites for hydroxylation is 1. The Morgan fingerprint density at radius 3 is 2.81 bits per heavy atom. The highest BCUT2D eigenvalue weighted by Gasteiger charge is 2.15. The van der Waals surface area contributed by atoms with Gasteiger partial charge in [-0.2, -0.15) is 5.10 Å². The molecule has 0 amide bonds. The lowest BCUT2D eigenvalue weighted by Gasteiger charge is -2.21. The van der Waals surface area contributed by atoms with Gasteiger partial charge in [0.15, 0.2) is 0 Å². The molecule has 1 aromatic carbocycles. The van der Waals surface area contributed by atoms with Crippen molar-refractivity contribution in [3.05, 3.63) is 30.0 Å². The van der Waals surface area contributed by atoms with Crippen molar-refractivity contribution in [3.63, 3.8) is 0 Å². The van der Waals surface area contributed by atoms with Crippen LogP contribution in [-0.2, 0) is 7.05 Å². The molecule has 0 saturated heterocycles. The maximum Gasteiger partial charge on any atom is 0.0679 e. The third kappa shape index (κ3) is 1.62. The van der Waals surface area contributed by atoms with Crippen LogP contribution in [0.25, 0.3) is 10.9 Å². The second-order valence-electron chi connectivity index (χ2n) is 4.92. The van der Waals surface area contributed by atoms with E-state index in [4.69, 9.17) is 0 Å². The van der Waals surface area contributed by atoms with Gasteiger partial charge in [0.1, 0.15) is 0 Å². The predicted octanol–water partition coefficient (Wildman–Crippen LogP) is 3.62. The fourth-order valence-electron chi connectivity index (χ4n) is 2.87. The minimum absolute atomic E-state index is 0.790. The normalized spacial score (nSPS) is 18.1. The number of aromatic nitrogens is 2. The molecular weight excluding hydrogens is 196 g/mol. The van der Waals surface area contributed by atoms with Gasteiger partial charge < -0.3 is 0 Å². The molecule has 0 spiro atoms. The third-order valence-corrected chi connectivity index (χ3v) is 3.85.